The van der Waals surface area contributed by atoms with Crippen LogP contribution in [-0.2, 0) is 14.8 Å². The first-order valence-electron chi connectivity index (χ1n) is 11.7. The molecule has 0 unspecified atom stereocenters. The van der Waals surface area contributed by atoms with Crippen LogP contribution in [0.3, 0.4) is 0 Å². The van der Waals surface area contributed by atoms with E-state index in [1.807, 2.05) is 18.2 Å². The van der Waals surface area contributed by atoms with E-state index >= 15 is 0 Å². The van der Waals surface area contributed by atoms with Crippen LogP contribution in [0.5, 0.6) is 5.75 Å². The summed E-state index contributed by atoms with van der Waals surface area (Å²) in [5, 5.41) is 6.13. The number of carbonyl (C=O) groups excluding carboxylic acids is 2. The largest absolute Gasteiger partial charge is 0.497 e. The highest BCUT2D eigenvalue weighted by atomic mass is 32.2. The van der Waals surface area contributed by atoms with Crippen molar-refractivity contribution in [1.29, 1.82) is 0 Å². The summed E-state index contributed by atoms with van der Waals surface area (Å²) in [4.78, 5) is 25.6. The molecule has 0 spiro atoms. The Kier molecular flexibility index (Phi) is 7.53. The van der Waals surface area contributed by atoms with Crippen LogP contribution in [0.15, 0.2) is 59.5 Å². The van der Waals surface area contributed by atoms with E-state index in [9.17, 15) is 18.0 Å². The molecule has 9 heteroatoms. The summed E-state index contributed by atoms with van der Waals surface area (Å²) in [6.45, 7) is 0.324. The van der Waals surface area contributed by atoms with E-state index in [2.05, 4.69) is 10.6 Å². The number of benzene rings is 2. The molecule has 0 bridgehead atoms. The molecular formula is C25H31N3O5S. The van der Waals surface area contributed by atoms with Crippen LogP contribution in [0.2, 0.25) is 0 Å². The summed E-state index contributed by atoms with van der Waals surface area (Å²) in [5.74, 6) is 0.245. The Balaban J connectivity index is 1.31. The van der Waals surface area contributed by atoms with Gasteiger partial charge in [0.15, 0.2) is 0 Å². The smallest absolute Gasteiger partial charge is 0.251 e. The van der Waals surface area contributed by atoms with Gasteiger partial charge in [-0.05, 0) is 74.9 Å². The van der Waals surface area contributed by atoms with Gasteiger partial charge >= 0.3 is 0 Å². The summed E-state index contributed by atoms with van der Waals surface area (Å²) in [7, 11) is -2.26. The van der Waals surface area contributed by atoms with Gasteiger partial charge in [0, 0.05) is 24.2 Å². The quantitative estimate of drug-likeness (QED) is 0.628. The van der Waals surface area contributed by atoms with Gasteiger partial charge in [-0.3, -0.25) is 9.59 Å². The second kappa shape index (κ2) is 10.6. The second-order valence-corrected chi connectivity index (χ2v) is 10.7. The maximum atomic E-state index is 13.2. The minimum atomic E-state index is -3.78. The summed E-state index contributed by atoms with van der Waals surface area (Å²) in [6, 6.07) is 14.7. The third-order valence-corrected chi connectivity index (χ3v) is 8.54. The molecule has 8 nitrogen and oxygen atoms in total. The van der Waals surface area contributed by atoms with Crippen LogP contribution in [0.1, 0.15) is 48.9 Å². The number of methoxy groups -OCH3 is 1. The molecule has 2 fully saturated rings. The highest BCUT2D eigenvalue weighted by Crippen LogP contribution is 2.28. The fourth-order valence-electron chi connectivity index (χ4n) is 4.71. The number of hydrogen-bond donors (Lipinski definition) is 2. The van der Waals surface area contributed by atoms with Gasteiger partial charge in [-0.25, -0.2) is 8.42 Å². The molecule has 2 aromatic rings. The molecule has 182 valence electrons. The van der Waals surface area contributed by atoms with Gasteiger partial charge in [0.05, 0.1) is 12.0 Å². The Morgan fingerprint density at radius 2 is 1.50 bits per heavy atom. The molecule has 1 saturated carbocycles. The van der Waals surface area contributed by atoms with Gasteiger partial charge in [0.1, 0.15) is 11.8 Å². The number of nitrogens with zero attached hydrogens (tertiary/aromatic N) is 1. The third-order valence-electron chi connectivity index (χ3n) is 6.62. The predicted molar refractivity (Wildman–Crippen MR) is 128 cm³/mol. The summed E-state index contributed by atoms with van der Waals surface area (Å²) < 4.78 is 32.8. The van der Waals surface area contributed by atoms with Crippen LogP contribution >= 0.6 is 0 Å². The molecule has 1 aliphatic heterocycles. The van der Waals surface area contributed by atoms with E-state index in [-0.39, 0.29) is 28.8 Å². The van der Waals surface area contributed by atoms with Crippen molar-refractivity contribution in [2.45, 2.75) is 61.5 Å². The Morgan fingerprint density at radius 3 is 2.12 bits per heavy atom. The topological polar surface area (TPSA) is 105 Å². The van der Waals surface area contributed by atoms with E-state index in [4.69, 9.17) is 4.74 Å². The summed E-state index contributed by atoms with van der Waals surface area (Å²) in [6.07, 6.45) is 4.16. The van der Waals surface area contributed by atoms with Gasteiger partial charge in [0.2, 0.25) is 15.9 Å². The Morgan fingerprint density at radius 1 is 0.882 bits per heavy atom. The molecular weight excluding hydrogens is 454 g/mol. The summed E-state index contributed by atoms with van der Waals surface area (Å²) >= 11 is 0. The first-order chi connectivity index (χ1) is 16.4. The minimum absolute atomic E-state index is 0.0245. The van der Waals surface area contributed by atoms with Crippen LogP contribution in [0.25, 0.3) is 0 Å². The molecule has 1 heterocycles. The van der Waals surface area contributed by atoms with Crippen molar-refractivity contribution in [2.75, 3.05) is 13.7 Å². The van der Waals surface area contributed by atoms with Crippen molar-refractivity contribution < 1.29 is 22.7 Å². The van der Waals surface area contributed by atoms with E-state index in [1.165, 1.54) is 23.5 Å². The normalized spacial score (nSPS) is 23.3. The van der Waals surface area contributed by atoms with Crippen molar-refractivity contribution in [3.63, 3.8) is 0 Å². The van der Waals surface area contributed by atoms with Crippen LogP contribution < -0.4 is 15.4 Å². The van der Waals surface area contributed by atoms with Gasteiger partial charge < -0.3 is 15.4 Å². The molecule has 34 heavy (non-hydrogen) atoms. The lowest BCUT2D eigenvalue weighted by atomic mass is 9.90. The molecule has 2 aliphatic rings. The van der Waals surface area contributed by atoms with E-state index in [0.29, 0.717) is 30.7 Å². The molecule has 2 aromatic carbocycles. The van der Waals surface area contributed by atoms with Crippen LogP contribution in [-0.4, -0.2) is 56.3 Å². The van der Waals surface area contributed by atoms with Crippen molar-refractivity contribution >= 4 is 21.8 Å². The molecule has 0 aromatic heterocycles. The van der Waals surface area contributed by atoms with Crippen molar-refractivity contribution in [3.05, 3.63) is 60.2 Å². The van der Waals surface area contributed by atoms with Crippen LogP contribution in [0, 0.1) is 0 Å². The third kappa shape index (κ3) is 5.42. The van der Waals surface area contributed by atoms with Gasteiger partial charge in [-0.15, -0.1) is 0 Å². The van der Waals surface area contributed by atoms with Crippen molar-refractivity contribution in [3.8, 4) is 5.75 Å². The number of sulfonamides is 1. The van der Waals surface area contributed by atoms with Crippen molar-refractivity contribution in [1.82, 2.24) is 14.9 Å². The van der Waals surface area contributed by atoms with Crippen molar-refractivity contribution in [2.24, 2.45) is 0 Å². The van der Waals surface area contributed by atoms with E-state index in [1.54, 1.807) is 24.3 Å². The standard InChI is InChI=1S/C25H31N3O5S/c1-33-21-13-15-22(16-14-21)34(31,32)28-17-5-8-23(28)25(30)27-20-11-9-19(10-12-20)26-24(29)18-6-3-2-4-7-18/h2-4,6-7,13-16,19-20,23H,5,8-12,17H2,1H3,(H,26,29)(H,27,30)/t19?,20?,23-/m1/s1. The first-order valence-corrected chi connectivity index (χ1v) is 13.1. The SMILES string of the molecule is COc1ccc(S(=O)(=O)N2CCC[C@@H]2C(=O)NC2CCC(NC(=O)c3ccccc3)CC2)cc1. The number of hydrogen-bond acceptors (Lipinski definition) is 5. The average molecular weight is 486 g/mol. The molecule has 0 radical (unpaired) electrons. The highest BCUT2D eigenvalue weighted by Gasteiger charge is 2.40. The maximum absolute atomic E-state index is 13.2. The minimum Gasteiger partial charge on any atom is -0.497 e. The first kappa shape index (κ1) is 24.2. The van der Waals surface area contributed by atoms with Gasteiger partial charge in [-0.1, -0.05) is 18.2 Å². The lowest BCUT2D eigenvalue weighted by molar-refractivity contribution is -0.125. The number of ether oxygens (including phenoxy) is 1. The lowest BCUT2D eigenvalue weighted by Gasteiger charge is -2.31. The zero-order chi connectivity index (χ0) is 24.1. The van der Waals surface area contributed by atoms with Gasteiger partial charge in [-0.2, -0.15) is 4.31 Å². The highest BCUT2D eigenvalue weighted by molar-refractivity contribution is 7.89. The number of carbonyl (C=O) groups is 2. The zero-order valence-corrected chi connectivity index (χ0v) is 20.1. The molecule has 1 atom stereocenters. The molecule has 1 aliphatic carbocycles. The number of nitrogens with one attached hydrogen (secondary N) is 2. The fraction of sp³-hybridized carbons (Fsp3) is 0.440. The van der Waals surface area contributed by atoms with Crippen LogP contribution in [0.4, 0.5) is 0 Å². The van der Waals surface area contributed by atoms with Gasteiger partial charge in [0.25, 0.3) is 5.91 Å². The Labute approximate surface area is 200 Å². The summed E-state index contributed by atoms with van der Waals surface area (Å²) in [5.41, 5.74) is 0.636. The Bertz CT molecular complexity index is 1100. The lowest BCUT2D eigenvalue weighted by Crippen LogP contribution is -2.50. The molecule has 1 saturated heterocycles. The monoisotopic (exact) mass is 485 g/mol. The van der Waals surface area contributed by atoms with E-state index in [0.717, 1.165) is 25.7 Å². The molecule has 2 N–H and O–H groups in total. The second-order valence-electron chi connectivity index (χ2n) is 8.85. The average Bonchev–Trinajstić information content (AvgIpc) is 3.37. The molecule has 4 rings (SSSR count). The van der Waals surface area contributed by atoms with E-state index < -0.39 is 16.1 Å². The maximum Gasteiger partial charge on any atom is 0.251 e. The number of rotatable bonds is 7. The Hall–Kier alpha value is -2.91. The molecule has 2 amide bonds. The fourth-order valence-corrected chi connectivity index (χ4v) is 6.37. The number of amides is 2. The predicted octanol–water partition coefficient (Wildman–Crippen LogP) is 2.71. The zero-order valence-electron chi connectivity index (χ0n) is 19.3.